The summed E-state index contributed by atoms with van der Waals surface area (Å²) in [6.07, 6.45) is 0. The fourth-order valence-electron chi connectivity index (χ4n) is 0.719. The van der Waals surface area contributed by atoms with Crippen molar-refractivity contribution in [3.63, 3.8) is 0 Å². The summed E-state index contributed by atoms with van der Waals surface area (Å²) in [5, 5.41) is 8.61. The zero-order chi connectivity index (χ0) is 8.27. The highest BCUT2D eigenvalue weighted by molar-refractivity contribution is 6.47. The first-order valence-electron chi connectivity index (χ1n) is 3.18. The zero-order valence-electron chi connectivity index (χ0n) is 5.79. The molecule has 1 atom stereocenters. The molecule has 0 aliphatic carbocycles. The summed E-state index contributed by atoms with van der Waals surface area (Å²) in [5.74, 6) is -0.418. The van der Waals surface area contributed by atoms with Crippen molar-refractivity contribution in [2.75, 3.05) is 19.1 Å². The molecule has 4 nitrogen and oxygen atoms in total. The molecular weight excluding hydrogens is 170 g/mol. The Hall–Kier alpha value is -0.610. The molecule has 1 heterocycles. The molecule has 1 aliphatic heterocycles. The number of hydrogen-bond donors (Lipinski definition) is 1. The molecule has 0 aromatic carbocycles. The summed E-state index contributed by atoms with van der Waals surface area (Å²) in [7, 11) is 0. The van der Waals surface area contributed by atoms with Crippen LogP contribution in [0.5, 0.6) is 0 Å². The van der Waals surface area contributed by atoms with Crippen LogP contribution in [0, 0.1) is 0 Å². The second-order valence-corrected chi connectivity index (χ2v) is 2.41. The van der Waals surface area contributed by atoms with Crippen molar-refractivity contribution in [3.05, 3.63) is 0 Å². The third kappa shape index (κ3) is 1.91. The minimum absolute atomic E-state index is 0.0408. The van der Waals surface area contributed by atoms with Crippen LogP contribution in [0.1, 0.15) is 0 Å². The van der Waals surface area contributed by atoms with Crippen LogP contribution < -0.4 is 0 Å². The third-order valence-electron chi connectivity index (χ3n) is 1.28. The van der Waals surface area contributed by atoms with E-state index >= 15 is 0 Å². The van der Waals surface area contributed by atoms with Crippen LogP contribution in [0.4, 0.5) is 0 Å². The minimum atomic E-state index is -0.331. The van der Waals surface area contributed by atoms with E-state index in [2.05, 4.69) is 4.99 Å². The topological polar surface area (TPSA) is 58.9 Å². The maximum Gasteiger partial charge on any atom is 0.255 e. The van der Waals surface area contributed by atoms with Crippen LogP contribution in [-0.2, 0) is 9.53 Å². The van der Waals surface area contributed by atoms with Gasteiger partial charge in [0.2, 0.25) is 5.78 Å². The molecule has 0 fully saturated rings. The van der Waals surface area contributed by atoms with Gasteiger partial charge in [-0.2, -0.15) is 0 Å². The van der Waals surface area contributed by atoms with Crippen molar-refractivity contribution < 1.29 is 14.6 Å². The maximum atomic E-state index is 10.8. The normalized spacial score (nSPS) is 22.7. The van der Waals surface area contributed by atoms with Gasteiger partial charge >= 0.3 is 0 Å². The molecule has 5 heteroatoms. The smallest absolute Gasteiger partial charge is 0.255 e. The highest BCUT2D eigenvalue weighted by Gasteiger charge is 2.22. The van der Waals surface area contributed by atoms with E-state index in [1.807, 2.05) is 0 Å². The molecule has 0 aromatic heterocycles. The van der Waals surface area contributed by atoms with Crippen molar-refractivity contribution >= 4 is 23.3 Å². The zero-order valence-corrected chi connectivity index (χ0v) is 6.54. The van der Waals surface area contributed by atoms with Crippen LogP contribution in [0.25, 0.3) is 0 Å². The molecule has 0 spiro atoms. The molecule has 0 radical (unpaired) electrons. The number of carbonyl (C=O) groups excluding carboxylic acids is 1. The van der Waals surface area contributed by atoms with Crippen LogP contribution in [0.15, 0.2) is 4.99 Å². The van der Waals surface area contributed by atoms with Gasteiger partial charge in [0.15, 0.2) is 0 Å². The Labute approximate surface area is 68.8 Å². The first-order chi connectivity index (χ1) is 5.27. The summed E-state index contributed by atoms with van der Waals surface area (Å²) >= 11 is 5.25. The highest BCUT2D eigenvalue weighted by Crippen LogP contribution is 2.04. The summed E-state index contributed by atoms with van der Waals surface area (Å²) in [6.45, 7) is 0.174. The quantitative estimate of drug-likeness (QED) is 0.596. The van der Waals surface area contributed by atoms with Gasteiger partial charge < -0.3 is 9.84 Å². The number of halogens is 1. The first-order valence-corrected chi connectivity index (χ1v) is 3.72. The molecule has 62 valence electrons. The Bertz CT molecular complexity index is 192. The van der Waals surface area contributed by atoms with E-state index in [9.17, 15) is 4.79 Å². The van der Waals surface area contributed by atoms with Gasteiger partial charge in [-0.25, -0.2) is 4.99 Å². The number of carbonyl (C=O) groups is 1. The number of alkyl halides is 1. The lowest BCUT2D eigenvalue weighted by molar-refractivity contribution is -0.112. The molecule has 11 heavy (non-hydrogen) atoms. The lowest BCUT2D eigenvalue weighted by Crippen LogP contribution is -2.15. The van der Waals surface area contributed by atoms with E-state index < -0.39 is 0 Å². The fraction of sp³-hybridized carbons (Fsp3) is 0.667. The molecule has 1 aliphatic rings. The third-order valence-corrected chi connectivity index (χ3v) is 1.53. The summed E-state index contributed by atoms with van der Waals surface area (Å²) in [5.41, 5.74) is 0. The highest BCUT2D eigenvalue weighted by atomic mass is 35.5. The van der Waals surface area contributed by atoms with E-state index in [1.54, 1.807) is 0 Å². The molecule has 1 rings (SSSR count). The lowest BCUT2D eigenvalue weighted by Gasteiger charge is -1.96. The van der Waals surface area contributed by atoms with Crippen LogP contribution in [0.2, 0.25) is 0 Å². The van der Waals surface area contributed by atoms with E-state index in [0.717, 1.165) is 0 Å². The second kappa shape index (κ2) is 3.69. The SMILES string of the molecule is O=C(CCl)C1=NC(CO)CO1. The van der Waals surface area contributed by atoms with Crippen LogP contribution >= 0.6 is 11.6 Å². The van der Waals surface area contributed by atoms with Gasteiger partial charge in [-0.05, 0) is 0 Å². The molecule has 0 bridgehead atoms. The fourth-order valence-corrected chi connectivity index (χ4v) is 0.833. The number of ether oxygens (including phenoxy) is 1. The van der Waals surface area contributed by atoms with Crippen molar-refractivity contribution in [2.24, 2.45) is 4.99 Å². The minimum Gasteiger partial charge on any atom is -0.473 e. The van der Waals surface area contributed by atoms with Crippen molar-refractivity contribution in [1.82, 2.24) is 0 Å². The number of Topliss-reactive ketones (excluding diaryl/α,β-unsaturated/α-hetero) is 1. The monoisotopic (exact) mass is 177 g/mol. The summed E-state index contributed by atoms with van der Waals surface area (Å²) in [4.78, 5) is 14.6. The first kappa shape index (κ1) is 8.49. The predicted octanol–water partition coefficient (Wildman–Crippen LogP) is -0.416. The second-order valence-electron chi connectivity index (χ2n) is 2.14. The largest absolute Gasteiger partial charge is 0.473 e. The van der Waals surface area contributed by atoms with Gasteiger partial charge in [-0.15, -0.1) is 11.6 Å². The van der Waals surface area contributed by atoms with Crippen LogP contribution in [-0.4, -0.2) is 41.9 Å². The Morgan fingerprint density at radius 3 is 3.09 bits per heavy atom. The van der Waals surface area contributed by atoms with E-state index in [4.69, 9.17) is 21.4 Å². The average molecular weight is 178 g/mol. The number of aliphatic imine (C=N–C) groups is 1. The Kier molecular flexibility index (Phi) is 2.84. The van der Waals surface area contributed by atoms with Gasteiger partial charge in [0.25, 0.3) is 5.90 Å². The molecular formula is C6H8ClNO3. The molecule has 0 saturated carbocycles. The average Bonchev–Trinajstić information content (AvgIpc) is 2.50. The number of hydrogen-bond acceptors (Lipinski definition) is 4. The molecule has 0 amide bonds. The van der Waals surface area contributed by atoms with Crippen LogP contribution in [0.3, 0.4) is 0 Å². The predicted molar refractivity (Wildman–Crippen MR) is 40.0 cm³/mol. The molecule has 1 N–H and O–H groups in total. The van der Waals surface area contributed by atoms with Gasteiger partial charge in [-0.1, -0.05) is 0 Å². The molecule has 0 aromatic rings. The number of rotatable bonds is 3. The number of aliphatic hydroxyl groups is 1. The van der Waals surface area contributed by atoms with Gasteiger partial charge in [0.05, 0.1) is 12.5 Å². The lowest BCUT2D eigenvalue weighted by atomic mass is 10.4. The maximum absolute atomic E-state index is 10.8. The van der Waals surface area contributed by atoms with Crippen molar-refractivity contribution in [1.29, 1.82) is 0 Å². The molecule has 0 saturated heterocycles. The number of aliphatic hydroxyl groups excluding tert-OH is 1. The standard InChI is InChI=1S/C6H8ClNO3/c7-1-5(10)6-8-4(2-9)3-11-6/h4,9H,1-3H2. The van der Waals surface area contributed by atoms with Gasteiger partial charge in [0, 0.05) is 0 Å². The van der Waals surface area contributed by atoms with Gasteiger partial charge in [0.1, 0.15) is 12.6 Å². The van der Waals surface area contributed by atoms with Gasteiger partial charge in [-0.3, -0.25) is 4.79 Å². The summed E-state index contributed by atoms with van der Waals surface area (Å²) < 4.78 is 4.87. The Morgan fingerprint density at radius 1 is 1.91 bits per heavy atom. The molecule has 1 unspecified atom stereocenters. The Morgan fingerprint density at radius 2 is 2.64 bits per heavy atom. The summed E-state index contributed by atoms with van der Waals surface area (Å²) in [6, 6.07) is -0.294. The Balaban J connectivity index is 2.54. The number of ketones is 1. The van der Waals surface area contributed by atoms with Crippen molar-refractivity contribution in [3.8, 4) is 0 Å². The van der Waals surface area contributed by atoms with E-state index in [0.29, 0.717) is 0 Å². The van der Waals surface area contributed by atoms with Crippen molar-refractivity contribution in [2.45, 2.75) is 6.04 Å². The number of nitrogens with zero attached hydrogens (tertiary/aromatic N) is 1. The van der Waals surface area contributed by atoms with E-state index in [-0.39, 0.29) is 36.8 Å². The van der Waals surface area contributed by atoms with E-state index in [1.165, 1.54) is 0 Å².